The molecule has 3 aromatic rings. The monoisotopic (exact) mass is 383 g/mol. The standard InChI is InChI=1S/C15H16F3N7O2/c1-8-5-4-6-9(25-14(26)24(3)21-22-25)11(8)23(2)7-10-20-13(19)12(27-10)15(16,17)18/h4-6H,7,19H2,1-3H3. The lowest BCUT2D eigenvalue weighted by Gasteiger charge is -2.22. The number of benzene rings is 1. The zero-order valence-corrected chi connectivity index (χ0v) is 14.7. The molecule has 0 spiro atoms. The number of nitrogens with zero attached hydrogens (tertiary/aromatic N) is 6. The number of tetrazole rings is 1. The minimum atomic E-state index is -4.73. The van der Waals surface area contributed by atoms with Gasteiger partial charge in [-0.15, -0.1) is 0 Å². The SMILES string of the molecule is Cc1cccc(-n2nnn(C)c2=O)c1N(C)Cc1nc(N)c(C(F)(F)F)o1. The number of anilines is 2. The van der Waals surface area contributed by atoms with Crippen molar-refractivity contribution in [1.29, 1.82) is 0 Å². The number of halogens is 3. The van der Waals surface area contributed by atoms with E-state index in [1.165, 1.54) is 7.05 Å². The molecule has 27 heavy (non-hydrogen) atoms. The number of nitrogen functional groups attached to an aromatic ring is 1. The Kier molecular flexibility index (Phi) is 4.41. The van der Waals surface area contributed by atoms with Crippen LogP contribution in [0.2, 0.25) is 0 Å². The summed E-state index contributed by atoms with van der Waals surface area (Å²) in [6.45, 7) is 1.69. The molecule has 0 saturated carbocycles. The van der Waals surface area contributed by atoms with E-state index >= 15 is 0 Å². The molecule has 9 nitrogen and oxygen atoms in total. The Morgan fingerprint density at radius 3 is 2.56 bits per heavy atom. The summed E-state index contributed by atoms with van der Waals surface area (Å²) in [5, 5.41) is 7.48. The Labute approximate surface area is 150 Å². The first kappa shape index (κ1) is 18.5. The second-order valence-electron chi connectivity index (χ2n) is 5.92. The minimum Gasteiger partial charge on any atom is -0.432 e. The number of alkyl halides is 3. The molecule has 2 N–H and O–H groups in total. The van der Waals surface area contributed by atoms with Crippen molar-refractivity contribution in [1.82, 2.24) is 24.8 Å². The molecule has 2 heterocycles. The first-order valence-electron chi connectivity index (χ1n) is 7.72. The molecule has 0 atom stereocenters. The summed E-state index contributed by atoms with van der Waals surface area (Å²) in [6, 6.07) is 5.18. The van der Waals surface area contributed by atoms with Crippen LogP contribution in [0.4, 0.5) is 24.7 Å². The highest BCUT2D eigenvalue weighted by Crippen LogP contribution is 2.35. The van der Waals surface area contributed by atoms with E-state index in [0.29, 0.717) is 11.4 Å². The molecular weight excluding hydrogens is 367 g/mol. The highest BCUT2D eigenvalue weighted by atomic mass is 19.4. The van der Waals surface area contributed by atoms with Crippen molar-refractivity contribution in [3.05, 3.63) is 45.9 Å². The third-order valence-electron chi connectivity index (χ3n) is 3.88. The van der Waals surface area contributed by atoms with Crippen LogP contribution in [0.5, 0.6) is 0 Å². The fraction of sp³-hybridized carbons (Fsp3) is 0.333. The van der Waals surface area contributed by atoms with Crippen LogP contribution in [0.1, 0.15) is 17.2 Å². The maximum Gasteiger partial charge on any atom is 0.453 e. The maximum absolute atomic E-state index is 12.8. The van der Waals surface area contributed by atoms with Crippen molar-refractivity contribution >= 4 is 11.5 Å². The molecule has 3 rings (SSSR count). The molecule has 0 aliphatic heterocycles. The maximum atomic E-state index is 12.8. The highest BCUT2D eigenvalue weighted by molar-refractivity contribution is 5.66. The molecule has 0 aliphatic carbocycles. The van der Waals surface area contributed by atoms with Crippen molar-refractivity contribution in [3.8, 4) is 5.69 Å². The van der Waals surface area contributed by atoms with Crippen molar-refractivity contribution in [2.24, 2.45) is 7.05 Å². The van der Waals surface area contributed by atoms with Crippen molar-refractivity contribution in [2.45, 2.75) is 19.6 Å². The molecule has 0 aliphatic rings. The number of oxazole rings is 1. The molecule has 1 aromatic carbocycles. The summed E-state index contributed by atoms with van der Waals surface area (Å²) in [5.41, 5.74) is 6.59. The fourth-order valence-electron chi connectivity index (χ4n) is 2.71. The molecule has 0 unspecified atom stereocenters. The second-order valence-corrected chi connectivity index (χ2v) is 5.92. The summed E-state index contributed by atoms with van der Waals surface area (Å²) in [6.07, 6.45) is -4.73. The third kappa shape index (κ3) is 3.37. The van der Waals surface area contributed by atoms with E-state index < -0.39 is 23.4 Å². The van der Waals surface area contributed by atoms with Gasteiger partial charge in [0.05, 0.1) is 17.9 Å². The molecule has 0 fully saturated rings. The molecule has 0 saturated heterocycles. The second kappa shape index (κ2) is 6.45. The van der Waals surface area contributed by atoms with Gasteiger partial charge in [-0.1, -0.05) is 12.1 Å². The van der Waals surface area contributed by atoms with Crippen LogP contribution in [-0.2, 0) is 19.8 Å². The average Bonchev–Trinajstić information content (AvgIpc) is 3.10. The summed E-state index contributed by atoms with van der Waals surface area (Å²) in [4.78, 5) is 17.4. The van der Waals surface area contributed by atoms with Gasteiger partial charge in [0.2, 0.25) is 5.89 Å². The Bertz CT molecular complexity index is 1030. The first-order valence-corrected chi connectivity index (χ1v) is 7.72. The summed E-state index contributed by atoms with van der Waals surface area (Å²) >= 11 is 0. The smallest absolute Gasteiger partial charge is 0.432 e. The van der Waals surface area contributed by atoms with Gasteiger partial charge in [0.1, 0.15) is 0 Å². The molecule has 0 radical (unpaired) electrons. The summed E-state index contributed by atoms with van der Waals surface area (Å²) < 4.78 is 45.5. The van der Waals surface area contributed by atoms with Crippen LogP contribution in [0, 0.1) is 6.92 Å². The summed E-state index contributed by atoms with van der Waals surface area (Å²) in [5.74, 6) is -2.26. The number of hydrogen-bond donors (Lipinski definition) is 1. The van der Waals surface area contributed by atoms with Crippen molar-refractivity contribution in [3.63, 3.8) is 0 Å². The Morgan fingerprint density at radius 1 is 1.30 bits per heavy atom. The van der Waals surface area contributed by atoms with Crippen LogP contribution >= 0.6 is 0 Å². The Balaban J connectivity index is 2.00. The predicted molar refractivity (Wildman–Crippen MR) is 89.4 cm³/mol. The molecule has 0 bridgehead atoms. The lowest BCUT2D eigenvalue weighted by molar-refractivity contribution is -0.152. The minimum absolute atomic E-state index is 0.104. The van der Waals surface area contributed by atoms with E-state index in [2.05, 4.69) is 15.4 Å². The first-order chi connectivity index (χ1) is 12.6. The predicted octanol–water partition coefficient (Wildman–Crippen LogP) is 1.50. The van der Waals surface area contributed by atoms with Crippen LogP contribution in [0.25, 0.3) is 5.69 Å². The van der Waals surface area contributed by atoms with Crippen LogP contribution in [-0.4, -0.2) is 31.8 Å². The van der Waals surface area contributed by atoms with Gasteiger partial charge in [-0.25, -0.2) is 4.79 Å². The topological polar surface area (TPSA) is 108 Å². The Hall–Kier alpha value is -3.31. The van der Waals surface area contributed by atoms with E-state index in [1.807, 2.05) is 0 Å². The fourth-order valence-corrected chi connectivity index (χ4v) is 2.71. The van der Waals surface area contributed by atoms with Gasteiger partial charge in [-0.3, -0.25) is 0 Å². The largest absolute Gasteiger partial charge is 0.453 e. The van der Waals surface area contributed by atoms with Crippen LogP contribution < -0.4 is 16.3 Å². The molecular formula is C15H16F3N7O2. The van der Waals surface area contributed by atoms with E-state index in [9.17, 15) is 18.0 Å². The van der Waals surface area contributed by atoms with Gasteiger partial charge >= 0.3 is 11.9 Å². The number of aromatic nitrogens is 5. The quantitative estimate of drug-likeness (QED) is 0.727. The lowest BCUT2D eigenvalue weighted by Crippen LogP contribution is -2.25. The van der Waals surface area contributed by atoms with Gasteiger partial charge in [0, 0.05) is 14.1 Å². The Morgan fingerprint density at radius 2 is 2.00 bits per heavy atom. The average molecular weight is 383 g/mol. The van der Waals surface area contributed by atoms with Crippen LogP contribution in [0.3, 0.4) is 0 Å². The zero-order chi connectivity index (χ0) is 19.9. The zero-order valence-electron chi connectivity index (χ0n) is 14.7. The number of rotatable bonds is 4. The van der Waals surface area contributed by atoms with E-state index in [4.69, 9.17) is 10.2 Å². The number of nitrogens with two attached hydrogens (primary N) is 1. The van der Waals surface area contributed by atoms with E-state index in [-0.39, 0.29) is 12.4 Å². The van der Waals surface area contributed by atoms with Crippen LogP contribution in [0.15, 0.2) is 27.4 Å². The van der Waals surface area contributed by atoms with Gasteiger partial charge in [-0.05, 0) is 29.0 Å². The number of hydrogen-bond acceptors (Lipinski definition) is 7. The number of para-hydroxylation sites is 1. The van der Waals surface area contributed by atoms with Gasteiger partial charge in [0.25, 0.3) is 5.76 Å². The van der Waals surface area contributed by atoms with Crippen molar-refractivity contribution < 1.29 is 17.6 Å². The summed E-state index contributed by atoms with van der Waals surface area (Å²) in [7, 11) is 3.08. The molecule has 12 heteroatoms. The normalized spacial score (nSPS) is 11.8. The van der Waals surface area contributed by atoms with Crippen molar-refractivity contribution in [2.75, 3.05) is 17.7 Å². The lowest BCUT2D eigenvalue weighted by atomic mass is 10.1. The highest BCUT2D eigenvalue weighted by Gasteiger charge is 2.39. The van der Waals surface area contributed by atoms with E-state index in [0.717, 1.165) is 14.9 Å². The van der Waals surface area contributed by atoms with Gasteiger partial charge < -0.3 is 15.1 Å². The molecule has 144 valence electrons. The molecule has 2 aromatic heterocycles. The number of aryl methyl sites for hydroxylation is 2. The third-order valence-corrected chi connectivity index (χ3v) is 3.88. The van der Waals surface area contributed by atoms with Gasteiger partial charge in [-0.2, -0.15) is 27.5 Å². The van der Waals surface area contributed by atoms with E-state index in [1.54, 1.807) is 37.1 Å². The van der Waals surface area contributed by atoms with Gasteiger partial charge in [0.15, 0.2) is 5.82 Å². The molecule has 0 amide bonds.